The number of hydrogen-bond acceptors (Lipinski definition) is 0. The molecule has 0 N–H and O–H groups in total. The second kappa shape index (κ2) is 4.32. The Balaban J connectivity index is 2.50. The van der Waals surface area contributed by atoms with Crippen LogP contribution in [0.1, 0.15) is 51.6 Å². The third-order valence-electron chi connectivity index (χ3n) is 3.48. The Morgan fingerprint density at radius 2 is 1.88 bits per heavy atom. The van der Waals surface area contributed by atoms with Crippen molar-refractivity contribution in [2.75, 3.05) is 0 Å². The van der Waals surface area contributed by atoms with Crippen LogP contribution >= 0.6 is 0 Å². The fourth-order valence-electron chi connectivity index (χ4n) is 2.12. The molecule has 86 valence electrons. The van der Waals surface area contributed by atoms with Crippen molar-refractivity contribution in [3.05, 3.63) is 36.0 Å². The Hall–Kier alpha value is -1.24. The lowest BCUT2D eigenvalue weighted by Gasteiger charge is -2.13. The molecule has 0 aliphatic carbocycles. The molecule has 0 radical (unpaired) electrons. The fourth-order valence-corrected chi connectivity index (χ4v) is 2.12. The van der Waals surface area contributed by atoms with Gasteiger partial charge in [0.1, 0.15) is 0 Å². The maximum absolute atomic E-state index is 2.37. The minimum Gasteiger partial charge on any atom is -0.345 e. The van der Waals surface area contributed by atoms with Crippen LogP contribution in [-0.2, 0) is 0 Å². The zero-order valence-electron chi connectivity index (χ0n) is 10.7. The maximum Gasteiger partial charge on any atom is 0.0482 e. The van der Waals surface area contributed by atoms with Crippen LogP contribution in [-0.4, -0.2) is 4.57 Å². The molecule has 0 saturated carbocycles. The summed E-state index contributed by atoms with van der Waals surface area (Å²) in [5, 5.41) is 1.37. The van der Waals surface area contributed by atoms with E-state index in [-0.39, 0.29) is 0 Å². The first kappa shape index (κ1) is 11.3. The van der Waals surface area contributed by atoms with E-state index in [1.165, 1.54) is 22.9 Å². The molecule has 0 bridgehead atoms. The second-order valence-electron chi connectivity index (χ2n) is 4.95. The first-order valence-corrected chi connectivity index (χ1v) is 6.24. The highest BCUT2D eigenvalue weighted by molar-refractivity contribution is 5.81. The van der Waals surface area contributed by atoms with Crippen LogP contribution in [0.5, 0.6) is 0 Å². The molecular weight excluding hydrogens is 194 g/mol. The minimum absolute atomic E-state index is 0.586. The van der Waals surface area contributed by atoms with Gasteiger partial charge in [-0.25, -0.2) is 0 Å². The molecule has 1 heterocycles. The highest BCUT2D eigenvalue weighted by Gasteiger charge is 2.07. The molecule has 1 nitrogen and oxygen atoms in total. The van der Waals surface area contributed by atoms with Crippen molar-refractivity contribution in [1.29, 1.82) is 0 Å². The standard InChI is InChI=1S/C15H21N/c1-5-12(4)16-9-8-14-10-13(11(2)3)6-7-15(14)16/h6-12H,5H2,1-4H3. The van der Waals surface area contributed by atoms with Crippen LogP contribution < -0.4 is 0 Å². The van der Waals surface area contributed by atoms with Gasteiger partial charge in [-0.15, -0.1) is 0 Å². The number of benzene rings is 1. The van der Waals surface area contributed by atoms with Gasteiger partial charge in [0, 0.05) is 17.8 Å². The van der Waals surface area contributed by atoms with Crippen molar-refractivity contribution in [3.8, 4) is 0 Å². The van der Waals surface area contributed by atoms with Gasteiger partial charge in [-0.05, 0) is 48.4 Å². The van der Waals surface area contributed by atoms with Gasteiger partial charge in [0.25, 0.3) is 0 Å². The van der Waals surface area contributed by atoms with Gasteiger partial charge in [0.05, 0.1) is 0 Å². The SMILES string of the molecule is CCC(C)n1ccc2cc(C(C)C)ccc21. The van der Waals surface area contributed by atoms with Crippen LogP contribution in [0.4, 0.5) is 0 Å². The van der Waals surface area contributed by atoms with Crippen molar-refractivity contribution in [2.45, 2.75) is 46.1 Å². The topological polar surface area (TPSA) is 4.93 Å². The normalized spacial score (nSPS) is 13.6. The number of fused-ring (bicyclic) bond motifs is 1. The molecule has 1 unspecified atom stereocenters. The molecular formula is C15H21N. The zero-order valence-corrected chi connectivity index (χ0v) is 10.7. The van der Waals surface area contributed by atoms with E-state index in [1.54, 1.807) is 0 Å². The number of rotatable bonds is 3. The lowest BCUT2D eigenvalue weighted by molar-refractivity contribution is 0.548. The Kier molecular flexibility index (Phi) is 3.04. The Labute approximate surface area is 98.1 Å². The van der Waals surface area contributed by atoms with Gasteiger partial charge < -0.3 is 4.57 Å². The quantitative estimate of drug-likeness (QED) is 0.697. The maximum atomic E-state index is 2.37. The molecule has 16 heavy (non-hydrogen) atoms. The van der Waals surface area contributed by atoms with Gasteiger partial charge in [-0.2, -0.15) is 0 Å². The predicted molar refractivity (Wildman–Crippen MR) is 71.0 cm³/mol. The molecule has 2 rings (SSSR count). The highest BCUT2D eigenvalue weighted by atomic mass is 15.0. The van der Waals surface area contributed by atoms with E-state index in [0.29, 0.717) is 12.0 Å². The van der Waals surface area contributed by atoms with Crippen LogP contribution in [0.2, 0.25) is 0 Å². The summed E-state index contributed by atoms with van der Waals surface area (Å²) in [4.78, 5) is 0. The van der Waals surface area contributed by atoms with Crippen molar-refractivity contribution in [2.24, 2.45) is 0 Å². The minimum atomic E-state index is 0.586. The van der Waals surface area contributed by atoms with E-state index in [4.69, 9.17) is 0 Å². The summed E-state index contributed by atoms with van der Waals surface area (Å²) in [6.07, 6.45) is 3.39. The first-order chi connectivity index (χ1) is 7.63. The van der Waals surface area contributed by atoms with Crippen molar-refractivity contribution in [1.82, 2.24) is 4.57 Å². The summed E-state index contributed by atoms with van der Waals surface area (Å²) >= 11 is 0. The molecule has 0 amide bonds. The van der Waals surface area contributed by atoms with Crippen LogP contribution in [0.15, 0.2) is 30.5 Å². The van der Waals surface area contributed by atoms with E-state index >= 15 is 0 Å². The summed E-state index contributed by atoms with van der Waals surface area (Å²) in [7, 11) is 0. The van der Waals surface area contributed by atoms with Gasteiger partial charge in [-0.3, -0.25) is 0 Å². The molecule has 1 aromatic heterocycles. The molecule has 0 aliphatic heterocycles. The third-order valence-corrected chi connectivity index (χ3v) is 3.48. The molecule has 0 aliphatic rings. The second-order valence-corrected chi connectivity index (χ2v) is 4.95. The summed E-state index contributed by atoms with van der Waals surface area (Å²) in [6.45, 7) is 8.99. The first-order valence-electron chi connectivity index (χ1n) is 6.24. The molecule has 0 saturated heterocycles. The lowest BCUT2D eigenvalue weighted by Crippen LogP contribution is -2.01. The fraction of sp³-hybridized carbons (Fsp3) is 0.467. The van der Waals surface area contributed by atoms with Crippen LogP contribution in [0.3, 0.4) is 0 Å². The van der Waals surface area contributed by atoms with E-state index in [2.05, 4.69) is 62.7 Å². The number of nitrogens with zero attached hydrogens (tertiary/aromatic N) is 1. The molecule has 2 aromatic rings. The molecule has 0 spiro atoms. The van der Waals surface area contributed by atoms with Gasteiger partial charge in [0.2, 0.25) is 0 Å². The molecule has 0 fully saturated rings. The summed E-state index contributed by atoms with van der Waals surface area (Å²) in [6, 6.07) is 9.65. The molecule has 1 atom stereocenters. The average molecular weight is 215 g/mol. The predicted octanol–water partition coefficient (Wildman–Crippen LogP) is 4.74. The largest absolute Gasteiger partial charge is 0.345 e. The van der Waals surface area contributed by atoms with E-state index < -0.39 is 0 Å². The van der Waals surface area contributed by atoms with Gasteiger partial charge >= 0.3 is 0 Å². The summed E-state index contributed by atoms with van der Waals surface area (Å²) in [5.41, 5.74) is 2.79. The van der Waals surface area contributed by atoms with Crippen LogP contribution in [0, 0.1) is 0 Å². The Morgan fingerprint density at radius 1 is 1.12 bits per heavy atom. The monoisotopic (exact) mass is 215 g/mol. The van der Waals surface area contributed by atoms with Gasteiger partial charge in [-0.1, -0.05) is 26.8 Å². The number of aromatic nitrogens is 1. The lowest BCUT2D eigenvalue weighted by atomic mass is 10.0. The Morgan fingerprint density at radius 3 is 2.50 bits per heavy atom. The average Bonchev–Trinajstić information content (AvgIpc) is 2.70. The molecule has 1 heteroatoms. The van der Waals surface area contributed by atoms with Crippen molar-refractivity contribution in [3.63, 3.8) is 0 Å². The van der Waals surface area contributed by atoms with Crippen molar-refractivity contribution >= 4 is 10.9 Å². The van der Waals surface area contributed by atoms with E-state index in [0.717, 1.165) is 0 Å². The van der Waals surface area contributed by atoms with E-state index in [1.807, 2.05) is 0 Å². The van der Waals surface area contributed by atoms with Crippen LogP contribution in [0.25, 0.3) is 10.9 Å². The summed E-state index contributed by atoms with van der Waals surface area (Å²) < 4.78 is 2.37. The smallest absolute Gasteiger partial charge is 0.0482 e. The molecule has 1 aromatic carbocycles. The zero-order chi connectivity index (χ0) is 11.7. The highest BCUT2D eigenvalue weighted by Crippen LogP contribution is 2.25. The third kappa shape index (κ3) is 1.87. The summed E-state index contributed by atoms with van der Waals surface area (Å²) in [5.74, 6) is 0.608. The number of hydrogen-bond donors (Lipinski definition) is 0. The van der Waals surface area contributed by atoms with Gasteiger partial charge in [0.15, 0.2) is 0 Å². The Bertz CT molecular complexity index is 479. The van der Waals surface area contributed by atoms with E-state index in [9.17, 15) is 0 Å². The van der Waals surface area contributed by atoms with Crippen molar-refractivity contribution < 1.29 is 0 Å².